The molecule has 5 atom stereocenters. The van der Waals surface area contributed by atoms with E-state index >= 15 is 0 Å². The van der Waals surface area contributed by atoms with Crippen molar-refractivity contribution in [1.82, 2.24) is 25.3 Å². The Morgan fingerprint density at radius 1 is 1.16 bits per heavy atom. The van der Waals surface area contributed by atoms with Crippen LogP contribution in [-0.4, -0.2) is 77.3 Å². The summed E-state index contributed by atoms with van der Waals surface area (Å²) in [5, 5.41) is 42.3. The molecule has 0 bridgehead atoms. The number of nitrogens with one attached hydrogen (secondary N) is 2. The van der Waals surface area contributed by atoms with Crippen molar-refractivity contribution >= 4 is 16.9 Å². The van der Waals surface area contributed by atoms with Crippen LogP contribution >= 0.6 is 0 Å². The Labute approximate surface area is 176 Å². The summed E-state index contributed by atoms with van der Waals surface area (Å²) < 4.78 is 5.52. The highest BCUT2D eigenvalue weighted by Crippen LogP contribution is 2.32. The zero-order valence-corrected chi connectivity index (χ0v) is 16.6. The molecule has 2 aromatic heterocycles. The van der Waals surface area contributed by atoms with Gasteiger partial charge in [0.1, 0.15) is 36.3 Å². The summed E-state index contributed by atoms with van der Waals surface area (Å²) in [4.78, 5) is 28.2. The number of hydrogen-bond donors (Lipinski definition) is 6. The van der Waals surface area contributed by atoms with Gasteiger partial charge >= 0.3 is 0 Å². The Morgan fingerprint density at radius 2 is 1.97 bits per heavy atom. The first-order valence-corrected chi connectivity index (χ1v) is 9.73. The van der Waals surface area contributed by atoms with E-state index < -0.39 is 37.1 Å². The number of carbonyl (C=O) groups excluding carboxylic acids is 1. The molecule has 6 N–H and O–H groups in total. The minimum Gasteiger partial charge on any atom is -0.394 e. The Hall–Kier alpha value is -2.96. The number of aromatic nitrogens is 4. The largest absolute Gasteiger partial charge is 0.394 e. The first kappa shape index (κ1) is 21.3. The first-order valence-electron chi connectivity index (χ1n) is 9.73. The van der Waals surface area contributed by atoms with E-state index in [1.54, 1.807) is 30.6 Å². The normalized spacial score (nSPS) is 26.2. The third kappa shape index (κ3) is 4.27. The Bertz CT molecular complexity index is 1070. The van der Waals surface area contributed by atoms with Gasteiger partial charge in [0.25, 0.3) is 5.91 Å². The molecular formula is C20H23N5O6. The molecular weight excluding hydrogens is 406 g/mol. The fourth-order valence-corrected chi connectivity index (χ4v) is 3.42. The average molecular weight is 429 g/mol. The van der Waals surface area contributed by atoms with E-state index in [9.17, 15) is 25.2 Å². The predicted octanol–water partition coefficient (Wildman–Crippen LogP) is -0.894. The van der Waals surface area contributed by atoms with Gasteiger partial charge in [-0.1, -0.05) is 0 Å². The topological polar surface area (TPSA) is 174 Å². The van der Waals surface area contributed by atoms with E-state index in [-0.39, 0.29) is 18.3 Å². The SMILES string of the molecule is Cc1cnc(CNC(=O)c2ccc3nc([C@@H]4O[C@H](CO)[C@H](O)[C@H](O)[C@H]4O)[nH]c3c2)cn1. The van der Waals surface area contributed by atoms with Crippen LogP contribution in [0.4, 0.5) is 0 Å². The van der Waals surface area contributed by atoms with Crippen molar-refractivity contribution in [3.05, 3.63) is 53.4 Å². The van der Waals surface area contributed by atoms with Gasteiger partial charge in [0, 0.05) is 11.8 Å². The second-order valence-corrected chi connectivity index (χ2v) is 7.44. The summed E-state index contributed by atoms with van der Waals surface area (Å²) in [6.45, 7) is 1.52. The van der Waals surface area contributed by atoms with Crippen molar-refractivity contribution in [2.45, 2.75) is 44.0 Å². The lowest BCUT2D eigenvalue weighted by Crippen LogP contribution is -2.55. The third-order valence-electron chi connectivity index (χ3n) is 5.19. The Kier molecular flexibility index (Phi) is 5.94. The quantitative estimate of drug-likeness (QED) is 0.300. The molecule has 31 heavy (non-hydrogen) atoms. The number of carbonyl (C=O) groups is 1. The maximum absolute atomic E-state index is 12.5. The van der Waals surface area contributed by atoms with Crippen LogP contribution in [0.2, 0.25) is 0 Å². The van der Waals surface area contributed by atoms with Crippen LogP contribution in [0.5, 0.6) is 0 Å². The second kappa shape index (κ2) is 8.65. The molecule has 1 aliphatic heterocycles. The minimum atomic E-state index is -1.50. The first-order chi connectivity index (χ1) is 14.9. The third-order valence-corrected chi connectivity index (χ3v) is 5.19. The zero-order chi connectivity index (χ0) is 22.1. The number of imidazole rings is 1. The minimum absolute atomic E-state index is 0.208. The van der Waals surface area contributed by atoms with Crippen LogP contribution in [0.1, 0.15) is 33.7 Å². The van der Waals surface area contributed by atoms with E-state index in [4.69, 9.17) is 4.74 Å². The molecule has 4 rings (SSSR count). The number of fused-ring (bicyclic) bond motifs is 1. The van der Waals surface area contributed by atoms with Crippen LogP contribution in [0.3, 0.4) is 0 Å². The Balaban J connectivity index is 1.51. The lowest BCUT2D eigenvalue weighted by atomic mass is 9.95. The number of aliphatic hydroxyl groups excluding tert-OH is 4. The molecule has 3 aromatic rings. The molecule has 3 heterocycles. The van der Waals surface area contributed by atoms with Gasteiger partial charge in [-0.2, -0.15) is 0 Å². The van der Waals surface area contributed by atoms with E-state index in [2.05, 4.69) is 25.3 Å². The standard InChI is InChI=1S/C20H23N5O6/c1-9-5-22-11(6-21-9)7-23-20(30)10-2-3-12-13(4-10)25-19(24-12)18-17(29)16(28)15(27)14(8-26)31-18/h2-6,14-18,26-29H,7-8H2,1H3,(H,23,30)(H,24,25)/t14-,15+,16+,17-,18-/m1/s1. The van der Waals surface area contributed by atoms with Crippen molar-refractivity contribution in [1.29, 1.82) is 0 Å². The summed E-state index contributed by atoms with van der Waals surface area (Å²) in [5.41, 5.74) is 2.85. The fraction of sp³-hybridized carbons (Fsp3) is 0.400. The summed E-state index contributed by atoms with van der Waals surface area (Å²) in [5.74, 6) is -0.104. The van der Waals surface area contributed by atoms with Gasteiger partial charge in [-0.05, 0) is 25.1 Å². The zero-order valence-electron chi connectivity index (χ0n) is 16.6. The maximum Gasteiger partial charge on any atom is 0.251 e. The number of benzene rings is 1. The molecule has 0 aliphatic carbocycles. The van der Waals surface area contributed by atoms with Crippen LogP contribution in [0.15, 0.2) is 30.6 Å². The molecule has 11 heteroatoms. The summed E-state index contributed by atoms with van der Waals surface area (Å²) >= 11 is 0. The van der Waals surface area contributed by atoms with Gasteiger partial charge in [0.15, 0.2) is 0 Å². The number of aryl methyl sites for hydroxylation is 1. The average Bonchev–Trinajstić information content (AvgIpc) is 3.20. The van der Waals surface area contributed by atoms with Crippen molar-refractivity contribution in [3.63, 3.8) is 0 Å². The van der Waals surface area contributed by atoms with Crippen molar-refractivity contribution in [2.24, 2.45) is 0 Å². The number of nitrogens with zero attached hydrogens (tertiary/aromatic N) is 3. The highest BCUT2D eigenvalue weighted by Gasteiger charge is 2.45. The summed E-state index contributed by atoms with van der Waals surface area (Å²) in [7, 11) is 0. The van der Waals surface area contributed by atoms with E-state index in [1.165, 1.54) is 0 Å². The second-order valence-electron chi connectivity index (χ2n) is 7.44. The fourth-order valence-electron chi connectivity index (χ4n) is 3.42. The van der Waals surface area contributed by atoms with Crippen molar-refractivity contribution in [2.75, 3.05) is 6.61 Å². The van der Waals surface area contributed by atoms with Crippen LogP contribution in [0.25, 0.3) is 11.0 Å². The summed E-state index contributed by atoms with van der Waals surface area (Å²) in [6.07, 6.45) is -3.30. The number of aromatic amines is 1. The molecule has 1 saturated heterocycles. The number of H-pyrrole nitrogens is 1. The molecule has 0 unspecified atom stereocenters. The van der Waals surface area contributed by atoms with Gasteiger partial charge < -0.3 is 35.5 Å². The maximum atomic E-state index is 12.5. The smallest absolute Gasteiger partial charge is 0.251 e. The van der Waals surface area contributed by atoms with Crippen LogP contribution in [-0.2, 0) is 11.3 Å². The van der Waals surface area contributed by atoms with Gasteiger partial charge in [0.2, 0.25) is 0 Å². The number of ether oxygens (including phenoxy) is 1. The van der Waals surface area contributed by atoms with Gasteiger partial charge in [-0.3, -0.25) is 14.8 Å². The molecule has 0 saturated carbocycles. The van der Waals surface area contributed by atoms with Crippen molar-refractivity contribution in [3.8, 4) is 0 Å². The number of rotatable bonds is 5. The van der Waals surface area contributed by atoms with E-state index in [0.717, 1.165) is 5.69 Å². The molecule has 0 radical (unpaired) electrons. The molecule has 1 aliphatic rings. The molecule has 164 valence electrons. The van der Waals surface area contributed by atoms with Crippen LogP contribution in [0, 0.1) is 6.92 Å². The highest BCUT2D eigenvalue weighted by molar-refractivity contribution is 5.97. The highest BCUT2D eigenvalue weighted by atomic mass is 16.5. The molecule has 1 amide bonds. The predicted molar refractivity (Wildman–Crippen MR) is 107 cm³/mol. The summed E-state index contributed by atoms with van der Waals surface area (Å²) in [6, 6.07) is 4.85. The molecule has 1 aromatic carbocycles. The van der Waals surface area contributed by atoms with E-state index in [1.807, 2.05) is 6.92 Å². The van der Waals surface area contributed by atoms with E-state index in [0.29, 0.717) is 22.3 Å². The molecule has 0 spiro atoms. The van der Waals surface area contributed by atoms with Gasteiger partial charge in [0.05, 0.1) is 41.8 Å². The monoisotopic (exact) mass is 429 g/mol. The lowest BCUT2D eigenvalue weighted by molar-refractivity contribution is -0.233. The number of hydrogen-bond acceptors (Lipinski definition) is 9. The lowest BCUT2D eigenvalue weighted by Gasteiger charge is -2.39. The van der Waals surface area contributed by atoms with Gasteiger partial charge in [-0.25, -0.2) is 4.98 Å². The molecule has 1 fully saturated rings. The molecule has 11 nitrogen and oxygen atoms in total. The Morgan fingerprint density at radius 3 is 2.68 bits per heavy atom. The number of aliphatic hydroxyl groups is 4. The van der Waals surface area contributed by atoms with Crippen molar-refractivity contribution < 1.29 is 30.0 Å². The number of amides is 1. The van der Waals surface area contributed by atoms with Crippen LogP contribution < -0.4 is 5.32 Å². The van der Waals surface area contributed by atoms with Gasteiger partial charge in [-0.15, -0.1) is 0 Å².